The van der Waals surface area contributed by atoms with E-state index in [1.807, 2.05) is 6.92 Å². The molecule has 20 heavy (non-hydrogen) atoms. The highest BCUT2D eigenvalue weighted by molar-refractivity contribution is 5.79. The normalized spacial score (nSPS) is 27.4. The number of nitrogens with zero attached hydrogens (tertiary/aromatic N) is 2. The molecule has 0 bridgehead atoms. The van der Waals surface area contributed by atoms with Crippen molar-refractivity contribution >= 4 is 5.96 Å². The molecular formula is C14H28N4O2. The van der Waals surface area contributed by atoms with Crippen LogP contribution in [0.25, 0.3) is 0 Å². The average molecular weight is 284 g/mol. The van der Waals surface area contributed by atoms with E-state index in [0.717, 1.165) is 38.8 Å². The summed E-state index contributed by atoms with van der Waals surface area (Å²) in [5, 5.41) is 6.56. The van der Waals surface area contributed by atoms with E-state index < -0.39 is 0 Å². The Bertz CT molecular complexity index is 312. The number of hydrogen-bond donors (Lipinski definition) is 2. The fourth-order valence-electron chi connectivity index (χ4n) is 2.83. The smallest absolute Gasteiger partial charge is 0.191 e. The summed E-state index contributed by atoms with van der Waals surface area (Å²) in [6.07, 6.45) is 2.87. The SMILES string of the molecule is CCOCCNC(=NC)NCC1CN2CCCC2CO1. The third-order valence-electron chi connectivity index (χ3n) is 3.93. The van der Waals surface area contributed by atoms with Crippen molar-refractivity contribution in [3.05, 3.63) is 0 Å². The third-order valence-corrected chi connectivity index (χ3v) is 3.93. The maximum Gasteiger partial charge on any atom is 0.191 e. The summed E-state index contributed by atoms with van der Waals surface area (Å²) in [5.74, 6) is 0.817. The first kappa shape index (κ1) is 15.5. The highest BCUT2D eigenvalue weighted by Gasteiger charge is 2.31. The van der Waals surface area contributed by atoms with E-state index in [1.165, 1.54) is 19.4 Å². The Morgan fingerprint density at radius 3 is 3.15 bits per heavy atom. The lowest BCUT2D eigenvalue weighted by Gasteiger charge is -2.35. The lowest BCUT2D eigenvalue weighted by atomic mass is 10.2. The monoisotopic (exact) mass is 284 g/mol. The summed E-state index contributed by atoms with van der Waals surface area (Å²) in [5.41, 5.74) is 0. The largest absolute Gasteiger partial charge is 0.380 e. The van der Waals surface area contributed by atoms with Gasteiger partial charge in [0.1, 0.15) is 0 Å². The number of nitrogens with one attached hydrogen (secondary N) is 2. The molecule has 2 aliphatic rings. The topological polar surface area (TPSA) is 58.1 Å². The molecule has 6 heteroatoms. The van der Waals surface area contributed by atoms with Crippen molar-refractivity contribution in [2.45, 2.75) is 31.9 Å². The van der Waals surface area contributed by atoms with Gasteiger partial charge in [-0.05, 0) is 26.3 Å². The minimum Gasteiger partial charge on any atom is -0.380 e. The van der Waals surface area contributed by atoms with Gasteiger partial charge >= 0.3 is 0 Å². The summed E-state index contributed by atoms with van der Waals surface area (Å²) < 4.78 is 11.2. The van der Waals surface area contributed by atoms with Crippen molar-refractivity contribution in [3.8, 4) is 0 Å². The highest BCUT2D eigenvalue weighted by Crippen LogP contribution is 2.22. The van der Waals surface area contributed by atoms with E-state index >= 15 is 0 Å². The summed E-state index contributed by atoms with van der Waals surface area (Å²) in [7, 11) is 1.79. The van der Waals surface area contributed by atoms with Gasteiger partial charge in [-0.1, -0.05) is 0 Å². The predicted octanol–water partition coefficient (Wildman–Crippen LogP) is 0.0511. The molecular weight excluding hydrogens is 256 g/mol. The first-order valence-electron chi connectivity index (χ1n) is 7.71. The minimum atomic E-state index is 0.259. The number of fused-ring (bicyclic) bond motifs is 1. The highest BCUT2D eigenvalue weighted by atomic mass is 16.5. The van der Waals surface area contributed by atoms with Crippen LogP contribution in [0.4, 0.5) is 0 Å². The fraction of sp³-hybridized carbons (Fsp3) is 0.929. The van der Waals surface area contributed by atoms with E-state index in [2.05, 4.69) is 20.5 Å². The summed E-state index contributed by atoms with van der Waals surface area (Å²) in [6, 6.07) is 0.662. The second-order valence-electron chi connectivity index (χ2n) is 5.32. The van der Waals surface area contributed by atoms with Crippen LogP contribution in [-0.4, -0.2) is 76.1 Å². The zero-order valence-electron chi connectivity index (χ0n) is 12.7. The molecule has 116 valence electrons. The molecule has 0 amide bonds. The van der Waals surface area contributed by atoms with Crippen LogP contribution in [0.1, 0.15) is 19.8 Å². The zero-order chi connectivity index (χ0) is 14.2. The molecule has 6 nitrogen and oxygen atoms in total. The van der Waals surface area contributed by atoms with Crippen molar-refractivity contribution in [2.24, 2.45) is 4.99 Å². The van der Waals surface area contributed by atoms with Crippen LogP contribution in [0.3, 0.4) is 0 Å². The van der Waals surface area contributed by atoms with Gasteiger partial charge in [-0.15, -0.1) is 0 Å². The first-order valence-corrected chi connectivity index (χ1v) is 7.71. The van der Waals surface area contributed by atoms with Crippen molar-refractivity contribution in [1.29, 1.82) is 0 Å². The van der Waals surface area contributed by atoms with Gasteiger partial charge < -0.3 is 20.1 Å². The molecule has 2 saturated heterocycles. The van der Waals surface area contributed by atoms with Crippen molar-refractivity contribution < 1.29 is 9.47 Å². The van der Waals surface area contributed by atoms with Crippen LogP contribution in [0.5, 0.6) is 0 Å². The number of ether oxygens (including phenoxy) is 2. The van der Waals surface area contributed by atoms with Crippen LogP contribution in [0.2, 0.25) is 0 Å². The Labute approximate surface area is 121 Å². The lowest BCUT2D eigenvalue weighted by molar-refractivity contribution is -0.0453. The number of guanidine groups is 1. The molecule has 0 aromatic heterocycles. The van der Waals surface area contributed by atoms with E-state index in [9.17, 15) is 0 Å². The Morgan fingerprint density at radius 2 is 2.35 bits per heavy atom. The molecule has 2 unspecified atom stereocenters. The van der Waals surface area contributed by atoms with Crippen LogP contribution >= 0.6 is 0 Å². The van der Waals surface area contributed by atoms with Gasteiger partial charge in [-0.3, -0.25) is 9.89 Å². The van der Waals surface area contributed by atoms with Gasteiger partial charge in [0.2, 0.25) is 0 Å². The van der Waals surface area contributed by atoms with Crippen LogP contribution in [-0.2, 0) is 9.47 Å². The molecule has 0 aliphatic carbocycles. The van der Waals surface area contributed by atoms with Gasteiger partial charge in [-0.2, -0.15) is 0 Å². The van der Waals surface area contributed by atoms with E-state index in [1.54, 1.807) is 7.05 Å². The second kappa shape index (κ2) is 8.44. The molecule has 2 aliphatic heterocycles. The molecule has 0 aromatic carbocycles. The van der Waals surface area contributed by atoms with Gasteiger partial charge in [-0.25, -0.2) is 0 Å². The van der Waals surface area contributed by atoms with Crippen molar-refractivity contribution in [3.63, 3.8) is 0 Å². The second-order valence-corrected chi connectivity index (χ2v) is 5.32. The van der Waals surface area contributed by atoms with Crippen molar-refractivity contribution in [1.82, 2.24) is 15.5 Å². The molecule has 2 rings (SSSR count). The van der Waals surface area contributed by atoms with Gasteiger partial charge in [0.25, 0.3) is 0 Å². The maximum atomic E-state index is 5.92. The van der Waals surface area contributed by atoms with Gasteiger partial charge in [0.05, 0.1) is 19.3 Å². The molecule has 2 heterocycles. The predicted molar refractivity (Wildman–Crippen MR) is 80.2 cm³/mol. The Morgan fingerprint density at radius 1 is 1.45 bits per heavy atom. The van der Waals surface area contributed by atoms with Crippen LogP contribution in [0.15, 0.2) is 4.99 Å². The Kier molecular flexibility index (Phi) is 6.56. The van der Waals surface area contributed by atoms with Gasteiger partial charge in [0, 0.05) is 39.3 Å². The summed E-state index contributed by atoms with van der Waals surface area (Å²) in [4.78, 5) is 6.76. The Balaban J connectivity index is 1.63. The summed E-state index contributed by atoms with van der Waals surface area (Å²) in [6.45, 7) is 8.17. The number of morpholine rings is 1. The molecule has 0 aromatic rings. The molecule has 0 radical (unpaired) electrons. The maximum absolute atomic E-state index is 5.92. The number of aliphatic imine (C=N–C) groups is 1. The summed E-state index contributed by atoms with van der Waals surface area (Å²) >= 11 is 0. The van der Waals surface area contributed by atoms with Crippen LogP contribution < -0.4 is 10.6 Å². The molecule has 2 fully saturated rings. The van der Waals surface area contributed by atoms with E-state index in [0.29, 0.717) is 12.6 Å². The number of rotatable bonds is 6. The molecule has 2 atom stereocenters. The Hall–Kier alpha value is -0.850. The first-order chi connectivity index (χ1) is 9.83. The third kappa shape index (κ3) is 4.61. The minimum absolute atomic E-state index is 0.259. The zero-order valence-corrected chi connectivity index (χ0v) is 12.7. The fourth-order valence-corrected chi connectivity index (χ4v) is 2.83. The quantitative estimate of drug-likeness (QED) is 0.410. The van der Waals surface area contributed by atoms with Crippen LogP contribution in [0, 0.1) is 0 Å². The standard InChI is InChI=1S/C14H28N4O2/c1-3-19-8-6-16-14(15-2)17-9-13-10-18-7-4-5-12(18)11-20-13/h12-13H,3-11H2,1-2H3,(H2,15,16,17). The van der Waals surface area contributed by atoms with E-state index in [4.69, 9.17) is 9.47 Å². The lowest BCUT2D eigenvalue weighted by Crippen LogP contribution is -2.51. The molecule has 2 N–H and O–H groups in total. The average Bonchev–Trinajstić information content (AvgIpc) is 2.94. The van der Waals surface area contributed by atoms with E-state index in [-0.39, 0.29) is 6.10 Å². The molecule has 0 saturated carbocycles. The van der Waals surface area contributed by atoms with Gasteiger partial charge in [0.15, 0.2) is 5.96 Å². The molecule has 0 spiro atoms. The van der Waals surface area contributed by atoms with Crippen molar-refractivity contribution in [2.75, 3.05) is 53.0 Å². The number of hydrogen-bond acceptors (Lipinski definition) is 4.